The van der Waals surface area contributed by atoms with E-state index in [0.29, 0.717) is 12.6 Å². The summed E-state index contributed by atoms with van der Waals surface area (Å²) in [5, 5.41) is 3.29. The number of hydrogen-bond donors (Lipinski definition) is 1. The van der Waals surface area contributed by atoms with Gasteiger partial charge in [0.25, 0.3) is 0 Å². The highest BCUT2D eigenvalue weighted by atomic mass is 14.9. The van der Waals surface area contributed by atoms with E-state index < -0.39 is 0 Å². The smallest absolute Gasteiger partial charge is 0.00671 e. The third-order valence-corrected chi connectivity index (χ3v) is 2.80. The Morgan fingerprint density at radius 2 is 2.00 bits per heavy atom. The molecule has 0 aromatic heterocycles. The van der Waals surface area contributed by atoms with Crippen LogP contribution >= 0.6 is 0 Å². The lowest BCUT2D eigenvalue weighted by Gasteiger charge is -2.27. The monoisotopic (exact) mass is 153 g/mol. The molecule has 2 radical (unpaired) electrons. The molecule has 1 fully saturated rings. The fourth-order valence-corrected chi connectivity index (χ4v) is 1.99. The van der Waals surface area contributed by atoms with Crippen molar-refractivity contribution in [1.82, 2.24) is 5.32 Å². The minimum atomic E-state index is 0.623. The van der Waals surface area contributed by atoms with Gasteiger partial charge in [0.2, 0.25) is 0 Å². The first-order valence-corrected chi connectivity index (χ1v) is 4.78. The molecule has 11 heavy (non-hydrogen) atoms. The van der Waals surface area contributed by atoms with Gasteiger partial charge in [-0.25, -0.2) is 0 Å². The maximum Gasteiger partial charge on any atom is 0.00671 e. The van der Waals surface area contributed by atoms with Crippen molar-refractivity contribution < 1.29 is 0 Å². The van der Waals surface area contributed by atoms with Crippen LogP contribution in [0.15, 0.2) is 0 Å². The Hall–Kier alpha value is -0.0400. The van der Waals surface area contributed by atoms with Crippen molar-refractivity contribution in [1.29, 1.82) is 0 Å². The van der Waals surface area contributed by atoms with Gasteiger partial charge in [0.05, 0.1) is 0 Å². The molecule has 1 saturated carbocycles. The molecule has 0 aromatic carbocycles. The van der Waals surface area contributed by atoms with Crippen molar-refractivity contribution in [2.45, 2.75) is 45.1 Å². The van der Waals surface area contributed by atoms with Crippen molar-refractivity contribution in [2.24, 2.45) is 5.92 Å². The summed E-state index contributed by atoms with van der Waals surface area (Å²) in [5.74, 6) is 0.882. The Morgan fingerprint density at radius 1 is 1.36 bits per heavy atom. The van der Waals surface area contributed by atoms with Crippen LogP contribution in [-0.4, -0.2) is 12.6 Å². The first-order valence-electron chi connectivity index (χ1n) is 4.78. The van der Waals surface area contributed by atoms with E-state index in [1.54, 1.807) is 0 Å². The third-order valence-electron chi connectivity index (χ3n) is 2.80. The molecular weight excluding hydrogens is 134 g/mol. The van der Waals surface area contributed by atoms with Gasteiger partial charge in [-0.15, -0.1) is 0 Å². The van der Waals surface area contributed by atoms with Gasteiger partial charge in [0.1, 0.15) is 0 Å². The van der Waals surface area contributed by atoms with E-state index in [1.165, 1.54) is 32.1 Å². The van der Waals surface area contributed by atoms with Crippen LogP contribution in [0.5, 0.6) is 0 Å². The first-order chi connectivity index (χ1) is 5.34. The maximum atomic E-state index is 5.42. The fraction of sp³-hybridized carbons (Fsp3) is 0.900. The van der Waals surface area contributed by atoms with Crippen molar-refractivity contribution in [3.05, 3.63) is 6.92 Å². The van der Waals surface area contributed by atoms with Crippen LogP contribution < -0.4 is 5.32 Å². The molecule has 1 atom stereocenters. The Kier molecular flexibility index (Phi) is 3.92. The van der Waals surface area contributed by atoms with E-state index in [9.17, 15) is 0 Å². The predicted molar refractivity (Wildman–Crippen MR) is 48.3 cm³/mol. The van der Waals surface area contributed by atoms with Gasteiger partial charge < -0.3 is 5.32 Å². The second kappa shape index (κ2) is 4.76. The standard InChI is InChI=1S/C10H19N/c1-3-11-9(2)10-7-5-4-6-8-10/h1,9-11H,3-8H2,2H3/t9-/m1/s1. The summed E-state index contributed by atoms with van der Waals surface area (Å²) in [6.07, 6.45) is 7.07. The summed E-state index contributed by atoms with van der Waals surface area (Å²) in [5.41, 5.74) is 0. The van der Waals surface area contributed by atoms with E-state index in [4.69, 9.17) is 6.92 Å². The van der Waals surface area contributed by atoms with Gasteiger partial charge in [-0.1, -0.05) is 19.3 Å². The van der Waals surface area contributed by atoms with E-state index in [0.717, 1.165) is 5.92 Å². The largest absolute Gasteiger partial charge is 0.314 e. The lowest BCUT2D eigenvalue weighted by molar-refractivity contribution is 0.287. The SMILES string of the molecule is [CH]CN[C@H](C)C1CCCCC1. The number of hydrogen-bond acceptors (Lipinski definition) is 1. The van der Waals surface area contributed by atoms with Crippen molar-refractivity contribution >= 4 is 0 Å². The molecule has 0 amide bonds. The third kappa shape index (κ3) is 2.82. The van der Waals surface area contributed by atoms with Crippen LogP contribution in [-0.2, 0) is 0 Å². The summed E-state index contributed by atoms with van der Waals surface area (Å²) >= 11 is 0. The minimum absolute atomic E-state index is 0.623. The zero-order valence-corrected chi connectivity index (χ0v) is 7.47. The molecule has 0 aromatic rings. The molecule has 0 aliphatic heterocycles. The van der Waals surface area contributed by atoms with Gasteiger partial charge in [0, 0.05) is 6.04 Å². The van der Waals surface area contributed by atoms with Crippen LogP contribution in [0.4, 0.5) is 0 Å². The average molecular weight is 153 g/mol. The molecule has 1 N–H and O–H groups in total. The van der Waals surface area contributed by atoms with Gasteiger partial charge in [-0.2, -0.15) is 0 Å². The zero-order valence-electron chi connectivity index (χ0n) is 7.47. The Bertz CT molecular complexity index is 95.0. The Labute approximate surface area is 70.6 Å². The summed E-state index contributed by atoms with van der Waals surface area (Å²) < 4.78 is 0. The molecule has 0 heterocycles. The van der Waals surface area contributed by atoms with Crippen molar-refractivity contribution in [2.75, 3.05) is 6.54 Å². The number of rotatable bonds is 3. The zero-order chi connectivity index (χ0) is 8.10. The number of nitrogens with one attached hydrogen (secondary N) is 1. The van der Waals surface area contributed by atoms with E-state index in [1.807, 2.05) is 0 Å². The highest BCUT2D eigenvalue weighted by Gasteiger charge is 2.18. The first kappa shape index (κ1) is 9.05. The second-order valence-electron chi connectivity index (χ2n) is 3.60. The summed E-state index contributed by atoms with van der Waals surface area (Å²) in [6.45, 7) is 8.30. The maximum absolute atomic E-state index is 5.42. The molecule has 1 nitrogen and oxygen atoms in total. The fourth-order valence-electron chi connectivity index (χ4n) is 1.99. The summed E-state index contributed by atoms with van der Waals surface area (Å²) in [4.78, 5) is 0. The molecule has 0 spiro atoms. The molecule has 1 heteroatoms. The topological polar surface area (TPSA) is 12.0 Å². The summed E-state index contributed by atoms with van der Waals surface area (Å²) in [7, 11) is 0. The minimum Gasteiger partial charge on any atom is -0.314 e. The van der Waals surface area contributed by atoms with Crippen LogP contribution in [0.2, 0.25) is 0 Å². The van der Waals surface area contributed by atoms with E-state index >= 15 is 0 Å². The van der Waals surface area contributed by atoms with Crippen LogP contribution in [0.1, 0.15) is 39.0 Å². The molecular formula is C10H19N. The van der Waals surface area contributed by atoms with Crippen molar-refractivity contribution in [3.8, 4) is 0 Å². The van der Waals surface area contributed by atoms with E-state index in [2.05, 4.69) is 12.2 Å². The predicted octanol–water partition coefficient (Wildman–Crippen LogP) is 2.26. The van der Waals surface area contributed by atoms with Crippen molar-refractivity contribution in [3.63, 3.8) is 0 Å². The lowest BCUT2D eigenvalue weighted by Crippen LogP contribution is -2.34. The Balaban J connectivity index is 2.21. The normalized spacial score (nSPS) is 23.5. The quantitative estimate of drug-likeness (QED) is 0.655. The highest BCUT2D eigenvalue weighted by Crippen LogP contribution is 2.25. The van der Waals surface area contributed by atoms with Crippen LogP contribution in [0.3, 0.4) is 0 Å². The molecule has 1 aliphatic carbocycles. The van der Waals surface area contributed by atoms with Gasteiger partial charge >= 0.3 is 0 Å². The molecule has 1 rings (SSSR count). The average Bonchev–Trinajstić information content (AvgIpc) is 2.07. The molecule has 0 unspecified atom stereocenters. The summed E-state index contributed by atoms with van der Waals surface area (Å²) in [6, 6.07) is 0.625. The molecule has 0 bridgehead atoms. The second-order valence-corrected chi connectivity index (χ2v) is 3.60. The molecule has 0 saturated heterocycles. The highest BCUT2D eigenvalue weighted by molar-refractivity contribution is 4.75. The lowest BCUT2D eigenvalue weighted by atomic mass is 9.84. The van der Waals surface area contributed by atoms with Crippen LogP contribution in [0.25, 0.3) is 0 Å². The van der Waals surface area contributed by atoms with Gasteiger partial charge in [0.15, 0.2) is 0 Å². The van der Waals surface area contributed by atoms with E-state index in [-0.39, 0.29) is 0 Å². The molecule has 1 aliphatic rings. The van der Waals surface area contributed by atoms with Gasteiger partial charge in [-0.05, 0) is 39.2 Å². The van der Waals surface area contributed by atoms with Gasteiger partial charge in [-0.3, -0.25) is 0 Å². The van der Waals surface area contributed by atoms with Crippen LogP contribution in [0, 0.1) is 12.8 Å². The Morgan fingerprint density at radius 3 is 2.55 bits per heavy atom. The molecule has 64 valence electrons.